The molecule has 0 spiro atoms. The molecule has 5 aliphatic carbocycles. The summed E-state index contributed by atoms with van der Waals surface area (Å²) in [5.74, 6) is 3.67. The lowest BCUT2D eigenvalue weighted by Crippen LogP contribution is -2.47. The van der Waals surface area contributed by atoms with E-state index in [-0.39, 0.29) is 5.41 Å². The van der Waals surface area contributed by atoms with Gasteiger partial charge in [0.2, 0.25) is 0 Å². The van der Waals surface area contributed by atoms with Gasteiger partial charge >= 0.3 is 0 Å². The summed E-state index contributed by atoms with van der Waals surface area (Å²) in [6, 6.07) is 26.0. The monoisotopic (exact) mass is 619 g/mol. The highest BCUT2D eigenvalue weighted by atomic mass is 14.6. The van der Waals surface area contributed by atoms with Crippen LogP contribution >= 0.6 is 0 Å². The average molecular weight is 620 g/mol. The highest BCUT2D eigenvalue weighted by Gasteiger charge is 2.52. The molecule has 5 aliphatic rings. The minimum atomic E-state index is 0.204. The third kappa shape index (κ3) is 5.14. The van der Waals surface area contributed by atoms with Crippen LogP contribution in [-0.2, 0) is 11.8 Å². The molecule has 1 heteroatoms. The number of hydrogen-bond donors (Lipinski definition) is 0. The Bertz CT molecular complexity index is 1940. The van der Waals surface area contributed by atoms with Gasteiger partial charge < -0.3 is 0 Å². The van der Waals surface area contributed by atoms with Crippen LogP contribution in [0.15, 0.2) is 79.1 Å². The minimum Gasteiger partial charge on any atom is -0.265 e. The zero-order valence-electron chi connectivity index (χ0n) is 28.9. The first-order valence-electron chi connectivity index (χ1n) is 19.3. The lowest BCUT2D eigenvalue weighted by Gasteiger charge is -2.58. The van der Waals surface area contributed by atoms with Crippen LogP contribution in [0.25, 0.3) is 37.9 Å². The van der Waals surface area contributed by atoms with E-state index in [0.29, 0.717) is 11.3 Å². The zero-order chi connectivity index (χ0) is 31.6. The number of pyridine rings is 1. The summed E-state index contributed by atoms with van der Waals surface area (Å²) in [6.45, 7) is 4.88. The Kier molecular flexibility index (Phi) is 7.48. The molecule has 2 unspecified atom stereocenters. The maximum atomic E-state index is 4.30. The maximum Gasteiger partial charge on any atom is 0.0270 e. The highest BCUT2D eigenvalue weighted by molar-refractivity contribution is 6.23. The van der Waals surface area contributed by atoms with Gasteiger partial charge in [0.15, 0.2) is 0 Å². The molecule has 1 heterocycles. The molecule has 1 nitrogen and oxygen atoms in total. The summed E-state index contributed by atoms with van der Waals surface area (Å²) >= 11 is 0. The predicted molar refractivity (Wildman–Crippen MR) is 200 cm³/mol. The van der Waals surface area contributed by atoms with Crippen molar-refractivity contribution in [1.29, 1.82) is 0 Å². The molecule has 2 atom stereocenters. The molecule has 4 saturated carbocycles. The lowest BCUT2D eigenvalue weighted by molar-refractivity contribution is -0.0611. The van der Waals surface area contributed by atoms with E-state index < -0.39 is 0 Å². The molecule has 5 aromatic rings. The summed E-state index contributed by atoms with van der Waals surface area (Å²) in [5, 5.41) is 10.6. The summed E-state index contributed by atoms with van der Waals surface area (Å²) < 4.78 is 0. The third-order valence-electron chi connectivity index (χ3n) is 13.7. The van der Waals surface area contributed by atoms with Crippen LogP contribution in [-0.4, -0.2) is 4.98 Å². The molecular weight excluding hydrogens is 567 g/mol. The average Bonchev–Trinajstić information content (AvgIpc) is 3.07. The zero-order valence-corrected chi connectivity index (χ0v) is 28.9. The molecule has 4 fully saturated rings. The summed E-state index contributed by atoms with van der Waals surface area (Å²) in [7, 11) is 0. The van der Waals surface area contributed by atoms with E-state index in [4.69, 9.17) is 0 Å². The van der Waals surface area contributed by atoms with Crippen molar-refractivity contribution < 1.29 is 0 Å². The fraction of sp³-hybridized carbons (Fsp3) is 0.500. The molecule has 0 saturated heterocycles. The second-order valence-electron chi connectivity index (χ2n) is 17.1. The van der Waals surface area contributed by atoms with Crippen LogP contribution in [0.3, 0.4) is 0 Å². The molecule has 242 valence electrons. The number of rotatable bonds is 11. The third-order valence-corrected chi connectivity index (χ3v) is 13.7. The number of nitrogens with zero attached hydrogens (tertiary/aromatic N) is 1. The Labute approximate surface area is 282 Å². The van der Waals surface area contributed by atoms with Crippen molar-refractivity contribution >= 4 is 37.9 Å². The Morgan fingerprint density at radius 2 is 1.36 bits per heavy atom. The van der Waals surface area contributed by atoms with Gasteiger partial charge in [0.05, 0.1) is 0 Å². The van der Waals surface area contributed by atoms with E-state index >= 15 is 0 Å². The van der Waals surface area contributed by atoms with Gasteiger partial charge in [-0.15, -0.1) is 0 Å². The first kappa shape index (κ1) is 29.9. The van der Waals surface area contributed by atoms with Crippen LogP contribution in [0.4, 0.5) is 0 Å². The van der Waals surface area contributed by atoms with Gasteiger partial charge in [0.25, 0.3) is 0 Å². The van der Waals surface area contributed by atoms with Crippen LogP contribution in [0.2, 0.25) is 0 Å². The first-order chi connectivity index (χ1) is 23.0. The van der Waals surface area contributed by atoms with Crippen molar-refractivity contribution in [2.45, 2.75) is 116 Å². The number of benzene rings is 4. The standard InChI is InChI=1S/C46H53N/c1-3-4-5-17-46(19-18-45-27-33-24-34(28-45)26-35(25-33)29-45)30-37(23-31(2)22-32-15-20-47-21-16-32)38-11-8-13-40-39-12-6-9-36-10-7-14-41(42(36)39)44(46)43(38)40/h6-16,20-21,31,33-35H,3-5,17-19,22-30H2,1-2H3. The van der Waals surface area contributed by atoms with Crippen molar-refractivity contribution in [1.82, 2.24) is 4.98 Å². The quantitative estimate of drug-likeness (QED) is 0.0814. The van der Waals surface area contributed by atoms with Gasteiger partial charge in [-0.1, -0.05) is 93.3 Å². The van der Waals surface area contributed by atoms with Gasteiger partial charge in [-0.25, -0.2) is 0 Å². The van der Waals surface area contributed by atoms with E-state index in [0.717, 1.165) is 24.2 Å². The molecule has 4 bridgehead atoms. The molecule has 1 aromatic heterocycles. The molecule has 4 aromatic carbocycles. The number of hydrogen-bond acceptors (Lipinski definition) is 1. The molecule has 10 rings (SSSR count). The van der Waals surface area contributed by atoms with Crippen LogP contribution in [0.5, 0.6) is 0 Å². The Balaban J connectivity index is 1.23. The van der Waals surface area contributed by atoms with E-state index in [1.165, 1.54) is 97.7 Å². The molecule has 0 N–H and O–H groups in total. The smallest absolute Gasteiger partial charge is 0.0270 e. The SMILES string of the molecule is CCCCCC1(CCC23CC4CC(CC(C4)C2)C3)CC(CC(C)Cc2ccncc2)=c2cccc3c2c1c1cccc2cccc3c21. The van der Waals surface area contributed by atoms with Gasteiger partial charge in [0, 0.05) is 17.8 Å². The van der Waals surface area contributed by atoms with Crippen molar-refractivity contribution in [3.8, 4) is 0 Å². The van der Waals surface area contributed by atoms with Gasteiger partial charge in [-0.3, -0.25) is 4.98 Å². The molecule has 0 aliphatic heterocycles. The highest BCUT2D eigenvalue weighted by Crippen LogP contribution is 2.63. The number of aromatic nitrogens is 1. The van der Waals surface area contributed by atoms with Crippen molar-refractivity contribution in [3.63, 3.8) is 0 Å². The van der Waals surface area contributed by atoms with Crippen LogP contribution in [0, 0.1) is 29.1 Å². The fourth-order valence-electron chi connectivity index (χ4n) is 12.4. The van der Waals surface area contributed by atoms with Crippen LogP contribution < -0.4 is 5.22 Å². The topological polar surface area (TPSA) is 12.9 Å². The second kappa shape index (κ2) is 11.7. The van der Waals surface area contributed by atoms with E-state index in [1.54, 1.807) is 46.4 Å². The lowest BCUT2D eigenvalue weighted by atomic mass is 9.47. The minimum absolute atomic E-state index is 0.204. The van der Waals surface area contributed by atoms with Crippen molar-refractivity contribution in [3.05, 3.63) is 95.5 Å². The molecule has 47 heavy (non-hydrogen) atoms. The Morgan fingerprint density at radius 1 is 0.702 bits per heavy atom. The normalized spacial score (nSPS) is 28.6. The van der Waals surface area contributed by atoms with E-state index in [9.17, 15) is 0 Å². The first-order valence-corrected chi connectivity index (χ1v) is 19.3. The second-order valence-corrected chi connectivity index (χ2v) is 17.1. The van der Waals surface area contributed by atoms with Crippen molar-refractivity contribution in [2.75, 3.05) is 0 Å². The Hall–Kier alpha value is -3.19. The molecule has 0 radical (unpaired) electrons. The summed E-state index contributed by atoms with van der Waals surface area (Å²) in [6.07, 6.45) is 24.8. The van der Waals surface area contributed by atoms with E-state index in [1.807, 2.05) is 12.4 Å². The largest absolute Gasteiger partial charge is 0.265 e. The summed E-state index contributed by atoms with van der Waals surface area (Å²) in [4.78, 5) is 4.30. The number of unbranched alkanes of at least 4 members (excludes halogenated alkanes) is 2. The summed E-state index contributed by atoms with van der Waals surface area (Å²) in [5.41, 5.74) is 5.71. The van der Waals surface area contributed by atoms with Crippen LogP contribution in [0.1, 0.15) is 115 Å². The Morgan fingerprint density at radius 3 is 2.06 bits per heavy atom. The van der Waals surface area contributed by atoms with E-state index in [2.05, 4.69) is 85.6 Å². The molecule has 0 amide bonds. The maximum absolute atomic E-state index is 4.30. The molecular formula is C46H53N. The van der Waals surface area contributed by atoms with Crippen molar-refractivity contribution in [2.24, 2.45) is 29.1 Å². The van der Waals surface area contributed by atoms with Gasteiger partial charge in [0.1, 0.15) is 0 Å². The fourth-order valence-corrected chi connectivity index (χ4v) is 12.4. The van der Waals surface area contributed by atoms with Gasteiger partial charge in [-0.05, 0) is 167 Å². The number of fused-ring (bicyclic) bond motifs is 2. The van der Waals surface area contributed by atoms with Gasteiger partial charge in [-0.2, -0.15) is 0 Å². The predicted octanol–water partition coefficient (Wildman–Crippen LogP) is 11.9.